The van der Waals surface area contributed by atoms with Gasteiger partial charge >= 0.3 is 11.9 Å². The summed E-state index contributed by atoms with van der Waals surface area (Å²) in [5, 5.41) is 11.8. The van der Waals surface area contributed by atoms with E-state index in [1.54, 1.807) is 18.3 Å². The highest BCUT2D eigenvalue weighted by Crippen LogP contribution is 2.16. The Morgan fingerprint density at radius 2 is 2.19 bits per heavy atom. The summed E-state index contributed by atoms with van der Waals surface area (Å²) in [5.41, 5.74) is 0.452. The van der Waals surface area contributed by atoms with Crippen LogP contribution in [-0.4, -0.2) is 35.7 Å². The summed E-state index contributed by atoms with van der Waals surface area (Å²) in [6, 6.07) is 3.24. The first-order valence-electron chi connectivity index (χ1n) is 7.06. The first-order valence-corrected chi connectivity index (χ1v) is 7.06. The lowest BCUT2D eigenvalue weighted by Crippen LogP contribution is -2.11. The van der Waals surface area contributed by atoms with Crippen molar-refractivity contribution in [3.63, 3.8) is 0 Å². The van der Waals surface area contributed by atoms with Gasteiger partial charge in [-0.2, -0.15) is 0 Å². The third kappa shape index (κ3) is 6.25. The zero-order valence-electron chi connectivity index (χ0n) is 12.5. The Hall–Kier alpha value is -2.11. The van der Waals surface area contributed by atoms with E-state index in [0.717, 1.165) is 12.8 Å². The minimum Gasteiger partial charge on any atom is -0.481 e. The summed E-state index contributed by atoms with van der Waals surface area (Å²) in [7, 11) is 1.34. The molecule has 0 aliphatic rings. The number of carboxylic acid groups (broad SMARTS) is 1. The number of methoxy groups -OCH3 is 1. The van der Waals surface area contributed by atoms with Crippen LogP contribution in [0.4, 0.5) is 5.82 Å². The number of carboxylic acids is 1. The predicted octanol–water partition coefficient (Wildman–Crippen LogP) is 2.56. The van der Waals surface area contributed by atoms with Gasteiger partial charge in [0.25, 0.3) is 0 Å². The molecule has 1 rings (SSSR count). The van der Waals surface area contributed by atoms with E-state index in [4.69, 9.17) is 5.11 Å². The average Bonchev–Trinajstić information content (AvgIpc) is 2.49. The zero-order chi connectivity index (χ0) is 15.7. The molecular formula is C15H22N2O4. The lowest BCUT2D eigenvalue weighted by atomic mass is 9.97. The number of rotatable bonds is 9. The normalized spacial score (nSPS) is 11.7. The Morgan fingerprint density at radius 1 is 1.43 bits per heavy atom. The standard InChI is InChI=1S/C15H22N2O4/c1-3-11(4-5-14(18)19)6-8-16-13-10-12(7-9-17-13)15(20)21-2/h7,9-11H,3-6,8H2,1-2H3,(H,16,17)(H,18,19). The molecule has 0 bridgehead atoms. The van der Waals surface area contributed by atoms with E-state index in [1.165, 1.54) is 7.11 Å². The molecular weight excluding hydrogens is 272 g/mol. The smallest absolute Gasteiger partial charge is 0.338 e. The van der Waals surface area contributed by atoms with Crippen molar-refractivity contribution in [2.75, 3.05) is 19.0 Å². The summed E-state index contributed by atoms with van der Waals surface area (Å²) < 4.78 is 4.66. The molecule has 0 radical (unpaired) electrons. The number of hydrogen-bond donors (Lipinski definition) is 2. The lowest BCUT2D eigenvalue weighted by Gasteiger charge is -2.14. The second kappa shape index (κ2) is 8.94. The number of nitrogens with one attached hydrogen (secondary N) is 1. The Kier molecular flexibility index (Phi) is 7.21. The fraction of sp³-hybridized carbons (Fsp3) is 0.533. The summed E-state index contributed by atoms with van der Waals surface area (Å²) in [6.45, 7) is 2.75. The van der Waals surface area contributed by atoms with Crippen molar-refractivity contribution in [3.05, 3.63) is 23.9 Å². The molecule has 21 heavy (non-hydrogen) atoms. The molecule has 1 unspecified atom stereocenters. The van der Waals surface area contributed by atoms with Crippen LogP contribution in [0.2, 0.25) is 0 Å². The van der Waals surface area contributed by atoms with Gasteiger partial charge in [0.15, 0.2) is 0 Å². The van der Waals surface area contributed by atoms with Gasteiger partial charge in [-0.15, -0.1) is 0 Å². The van der Waals surface area contributed by atoms with Gasteiger partial charge in [-0.3, -0.25) is 4.79 Å². The van der Waals surface area contributed by atoms with Crippen LogP contribution in [0.15, 0.2) is 18.3 Å². The quantitative estimate of drug-likeness (QED) is 0.680. The van der Waals surface area contributed by atoms with Crippen LogP contribution in [0.5, 0.6) is 0 Å². The summed E-state index contributed by atoms with van der Waals surface area (Å²) >= 11 is 0. The van der Waals surface area contributed by atoms with Crippen molar-refractivity contribution in [1.29, 1.82) is 0 Å². The third-order valence-electron chi connectivity index (χ3n) is 3.38. The number of carbonyl (C=O) groups excluding carboxylic acids is 1. The second-order valence-corrected chi connectivity index (χ2v) is 4.84. The van der Waals surface area contributed by atoms with Gasteiger partial charge in [-0.25, -0.2) is 9.78 Å². The number of anilines is 1. The fourth-order valence-electron chi connectivity index (χ4n) is 2.06. The van der Waals surface area contributed by atoms with E-state index in [9.17, 15) is 9.59 Å². The van der Waals surface area contributed by atoms with Crippen molar-refractivity contribution >= 4 is 17.8 Å². The fourth-order valence-corrected chi connectivity index (χ4v) is 2.06. The van der Waals surface area contributed by atoms with E-state index in [1.807, 2.05) is 0 Å². The summed E-state index contributed by atoms with van der Waals surface area (Å²) in [6.07, 6.45) is 4.26. The molecule has 0 amide bonds. The molecule has 0 aliphatic carbocycles. The van der Waals surface area contributed by atoms with Crippen molar-refractivity contribution in [1.82, 2.24) is 4.98 Å². The SMILES string of the molecule is CCC(CCNc1cc(C(=O)OC)ccn1)CCC(=O)O. The van der Waals surface area contributed by atoms with Crippen LogP contribution in [0.25, 0.3) is 0 Å². The Labute approximate surface area is 124 Å². The first-order chi connectivity index (χ1) is 10.1. The molecule has 6 nitrogen and oxygen atoms in total. The molecule has 6 heteroatoms. The maximum absolute atomic E-state index is 11.4. The monoisotopic (exact) mass is 294 g/mol. The van der Waals surface area contributed by atoms with Gasteiger partial charge < -0.3 is 15.2 Å². The van der Waals surface area contributed by atoms with Crippen molar-refractivity contribution < 1.29 is 19.4 Å². The van der Waals surface area contributed by atoms with Crippen LogP contribution < -0.4 is 5.32 Å². The van der Waals surface area contributed by atoms with E-state index >= 15 is 0 Å². The maximum Gasteiger partial charge on any atom is 0.338 e. The van der Waals surface area contributed by atoms with Crippen molar-refractivity contribution in [2.24, 2.45) is 5.92 Å². The molecule has 1 aromatic rings. The molecule has 0 aromatic carbocycles. The number of carbonyl (C=O) groups is 2. The topological polar surface area (TPSA) is 88.5 Å². The van der Waals surface area contributed by atoms with Gasteiger partial charge in [0.2, 0.25) is 0 Å². The molecule has 0 saturated heterocycles. The summed E-state index contributed by atoms with van der Waals surface area (Å²) in [4.78, 5) is 26.1. The minimum absolute atomic E-state index is 0.203. The Bertz CT molecular complexity index is 476. The number of esters is 1. The highest BCUT2D eigenvalue weighted by atomic mass is 16.5. The maximum atomic E-state index is 11.4. The molecule has 1 heterocycles. The molecule has 0 spiro atoms. The third-order valence-corrected chi connectivity index (χ3v) is 3.38. The largest absolute Gasteiger partial charge is 0.481 e. The first kappa shape index (κ1) is 16.9. The predicted molar refractivity (Wildman–Crippen MR) is 79.3 cm³/mol. The Balaban J connectivity index is 2.44. The van der Waals surface area contributed by atoms with Crippen LogP contribution in [0, 0.1) is 5.92 Å². The van der Waals surface area contributed by atoms with Crippen LogP contribution in [0.3, 0.4) is 0 Å². The van der Waals surface area contributed by atoms with E-state index in [0.29, 0.717) is 30.3 Å². The van der Waals surface area contributed by atoms with E-state index in [2.05, 4.69) is 22.0 Å². The van der Waals surface area contributed by atoms with Crippen LogP contribution in [-0.2, 0) is 9.53 Å². The Morgan fingerprint density at radius 3 is 2.81 bits per heavy atom. The molecule has 2 N–H and O–H groups in total. The average molecular weight is 294 g/mol. The molecule has 0 aliphatic heterocycles. The highest BCUT2D eigenvalue weighted by molar-refractivity contribution is 5.89. The molecule has 1 aromatic heterocycles. The van der Waals surface area contributed by atoms with E-state index < -0.39 is 11.9 Å². The van der Waals surface area contributed by atoms with Crippen LogP contribution >= 0.6 is 0 Å². The lowest BCUT2D eigenvalue weighted by molar-refractivity contribution is -0.137. The van der Waals surface area contributed by atoms with Gasteiger partial charge in [0.05, 0.1) is 12.7 Å². The molecule has 0 fully saturated rings. The zero-order valence-corrected chi connectivity index (χ0v) is 12.5. The number of ether oxygens (including phenoxy) is 1. The minimum atomic E-state index is -0.756. The van der Waals surface area contributed by atoms with Gasteiger partial charge in [-0.1, -0.05) is 13.3 Å². The van der Waals surface area contributed by atoms with Crippen LogP contribution in [0.1, 0.15) is 43.0 Å². The van der Waals surface area contributed by atoms with Gasteiger partial charge in [0.1, 0.15) is 5.82 Å². The molecule has 0 saturated carbocycles. The van der Waals surface area contributed by atoms with Gasteiger partial charge in [0, 0.05) is 19.2 Å². The molecule has 116 valence electrons. The number of hydrogen-bond acceptors (Lipinski definition) is 5. The van der Waals surface area contributed by atoms with E-state index in [-0.39, 0.29) is 6.42 Å². The van der Waals surface area contributed by atoms with Crippen molar-refractivity contribution in [3.8, 4) is 0 Å². The summed E-state index contributed by atoms with van der Waals surface area (Å²) in [5.74, 6) is -0.162. The number of pyridine rings is 1. The molecule has 1 atom stereocenters. The van der Waals surface area contributed by atoms with Crippen molar-refractivity contribution in [2.45, 2.75) is 32.6 Å². The second-order valence-electron chi connectivity index (χ2n) is 4.84. The van der Waals surface area contributed by atoms with Gasteiger partial charge in [-0.05, 0) is 30.9 Å². The number of nitrogens with zero attached hydrogens (tertiary/aromatic N) is 1. The highest BCUT2D eigenvalue weighted by Gasteiger charge is 2.10. The number of aliphatic carboxylic acids is 1. The number of aromatic nitrogens is 1.